The zero-order valence-electron chi connectivity index (χ0n) is 14.8. The van der Waals surface area contributed by atoms with Gasteiger partial charge in [0.15, 0.2) is 0 Å². The summed E-state index contributed by atoms with van der Waals surface area (Å²) in [5, 5.41) is 6.74. The predicted octanol–water partition coefficient (Wildman–Crippen LogP) is 1.96. The van der Waals surface area contributed by atoms with Crippen molar-refractivity contribution in [3.05, 3.63) is 28.8 Å². The normalized spacial score (nSPS) is 17.8. The summed E-state index contributed by atoms with van der Waals surface area (Å²) >= 11 is 6.01. The Morgan fingerprint density at radius 1 is 1.31 bits per heavy atom. The number of halogens is 2. The number of amides is 2. The zero-order valence-corrected chi connectivity index (χ0v) is 16.4. The molecule has 2 saturated heterocycles. The van der Waals surface area contributed by atoms with Gasteiger partial charge in [-0.15, -0.1) is 12.4 Å². The first kappa shape index (κ1) is 20.8. The predicted molar refractivity (Wildman–Crippen MR) is 103 cm³/mol. The summed E-state index contributed by atoms with van der Waals surface area (Å²) in [6, 6.07) is 5.03. The lowest BCUT2D eigenvalue weighted by molar-refractivity contribution is -0.126. The number of rotatable bonds is 5. The molecule has 0 bridgehead atoms. The molecular formula is C18H25Cl2N3O3. The van der Waals surface area contributed by atoms with Crippen molar-refractivity contribution in [2.45, 2.75) is 12.8 Å². The molecule has 2 aliphatic heterocycles. The number of nitrogens with one attached hydrogen (secondary N) is 2. The van der Waals surface area contributed by atoms with Crippen molar-refractivity contribution in [3.63, 3.8) is 0 Å². The minimum absolute atomic E-state index is 0. The third-order valence-electron chi connectivity index (χ3n) is 4.98. The van der Waals surface area contributed by atoms with Gasteiger partial charge in [-0.05, 0) is 31.0 Å². The van der Waals surface area contributed by atoms with Gasteiger partial charge in [0.1, 0.15) is 5.75 Å². The maximum absolute atomic E-state index is 12.7. The molecule has 0 spiro atoms. The molecule has 0 saturated carbocycles. The van der Waals surface area contributed by atoms with Gasteiger partial charge in [0, 0.05) is 49.6 Å². The van der Waals surface area contributed by atoms with Crippen molar-refractivity contribution in [3.8, 4) is 5.75 Å². The molecule has 6 nitrogen and oxygen atoms in total. The second-order valence-electron chi connectivity index (χ2n) is 6.68. The van der Waals surface area contributed by atoms with Crippen molar-refractivity contribution in [2.75, 3.05) is 39.8 Å². The van der Waals surface area contributed by atoms with E-state index in [1.165, 1.54) is 7.11 Å². The van der Waals surface area contributed by atoms with Crippen LogP contribution in [0.15, 0.2) is 18.2 Å². The number of hydrogen-bond donors (Lipinski definition) is 2. The van der Waals surface area contributed by atoms with Gasteiger partial charge in [0.05, 0.1) is 12.7 Å². The number of carbonyl (C=O) groups excluding carboxylic acids is 2. The van der Waals surface area contributed by atoms with E-state index in [0.29, 0.717) is 48.2 Å². The molecule has 2 heterocycles. The smallest absolute Gasteiger partial charge is 0.257 e. The Bertz CT molecular complexity index is 645. The van der Waals surface area contributed by atoms with Crippen LogP contribution in [0.1, 0.15) is 23.2 Å². The summed E-state index contributed by atoms with van der Waals surface area (Å²) in [5.41, 5.74) is 0.468. The molecule has 0 radical (unpaired) electrons. The van der Waals surface area contributed by atoms with Crippen molar-refractivity contribution >= 4 is 35.8 Å². The van der Waals surface area contributed by atoms with Gasteiger partial charge in [-0.2, -0.15) is 0 Å². The maximum Gasteiger partial charge on any atom is 0.257 e. The van der Waals surface area contributed by atoms with Crippen LogP contribution < -0.4 is 15.4 Å². The highest BCUT2D eigenvalue weighted by molar-refractivity contribution is 6.31. The van der Waals surface area contributed by atoms with Crippen LogP contribution in [-0.4, -0.2) is 56.5 Å². The molecule has 2 fully saturated rings. The number of hydrogen-bond acceptors (Lipinski definition) is 4. The highest BCUT2D eigenvalue weighted by atomic mass is 35.5. The zero-order chi connectivity index (χ0) is 17.8. The lowest BCUT2D eigenvalue weighted by Crippen LogP contribution is -2.50. The molecule has 0 atom stereocenters. The Morgan fingerprint density at radius 3 is 2.58 bits per heavy atom. The van der Waals surface area contributed by atoms with Gasteiger partial charge in [-0.1, -0.05) is 11.6 Å². The summed E-state index contributed by atoms with van der Waals surface area (Å²) in [5.74, 6) is 1.07. The van der Waals surface area contributed by atoms with E-state index in [0.717, 1.165) is 19.6 Å². The van der Waals surface area contributed by atoms with E-state index in [4.69, 9.17) is 16.3 Å². The molecule has 2 N–H and O–H groups in total. The van der Waals surface area contributed by atoms with Crippen LogP contribution in [0.4, 0.5) is 0 Å². The summed E-state index contributed by atoms with van der Waals surface area (Å²) in [6.07, 6.45) is 1.37. The molecule has 0 aromatic heterocycles. The summed E-state index contributed by atoms with van der Waals surface area (Å²) in [6.45, 7) is 3.84. The van der Waals surface area contributed by atoms with E-state index in [2.05, 4.69) is 10.6 Å². The minimum atomic E-state index is -0.0984. The van der Waals surface area contributed by atoms with E-state index in [-0.39, 0.29) is 30.1 Å². The number of likely N-dealkylation sites (tertiary alicyclic amines) is 1. The van der Waals surface area contributed by atoms with E-state index in [1.807, 2.05) is 0 Å². The molecule has 0 aliphatic carbocycles. The first-order valence-electron chi connectivity index (χ1n) is 8.69. The van der Waals surface area contributed by atoms with Crippen molar-refractivity contribution < 1.29 is 14.3 Å². The third kappa shape index (κ3) is 4.81. The van der Waals surface area contributed by atoms with Crippen LogP contribution in [0, 0.1) is 11.8 Å². The first-order chi connectivity index (χ1) is 12.1. The monoisotopic (exact) mass is 401 g/mol. The van der Waals surface area contributed by atoms with Gasteiger partial charge < -0.3 is 20.3 Å². The van der Waals surface area contributed by atoms with Crippen LogP contribution in [0.3, 0.4) is 0 Å². The Hall–Kier alpha value is -1.50. The average molecular weight is 402 g/mol. The number of ether oxygens (including phenoxy) is 1. The van der Waals surface area contributed by atoms with Crippen molar-refractivity contribution in [1.29, 1.82) is 0 Å². The van der Waals surface area contributed by atoms with Crippen LogP contribution in [0.5, 0.6) is 5.75 Å². The van der Waals surface area contributed by atoms with E-state index in [9.17, 15) is 9.59 Å². The van der Waals surface area contributed by atoms with Gasteiger partial charge in [-0.3, -0.25) is 9.59 Å². The fourth-order valence-electron chi connectivity index (χ4n) is 3.24. The van der Waals surface area contributed by atoms with Crippen LogP contribution >= 0.6 is 24.0 Å². The number of methoxy groups -OCH3 is 1. The van der Waals surface area contributed by atoms with Gasteiger partial charge in [0.25, 0.3) is 5.91 Å². The van der Waals surface area contributed by atoms with Gasteiger partial charge in [-0.25, -0.2) is 0 Å². The largest absolute Gasteiger partial charge is 0.496 e. The maximum atomic E-state index is 12.7. The van der Waals surface area contributed by atoms with E-state index in [1.54, 1.807) is 23.1 Å². The third-order valence-corrected chi connectivity index (χ3v) is 5.21. The van der Waals surface area contributed by atoms with Gasteiger partial charge >= 0.3 is 0 Å². The van der Waals surface area contributed by atoms with Crippen molar-refractivity contribution in [2.24, 2.45) is 11.8 Å². The Kier molecular flexibility index (Phi) is 7.55. The number of carbonyl (C=O) groups is 2. The molecule has 0 unspecified atom stereocenters. The van der Waals surface area contributed by atoms with E-state index < -0.39 is 0 Å². The summed E-state index contributed by atoms with van der Waals surface area (Å²) < 4.78 is 5.27. The minimum Gasteiger partial charge on any atom is -0.496 e. The second-order valence-corrected chi connectivity index (χ2v) is 7.12. The molecule has 8 heteroatoms. The van der Waals surface area contributed by atoms with Crippen LogP contribution in [-0.2, 0) is 4.79 Å². The fourth-order valence-corrected chi connectivity index (χ4v) is 3.42. The van der Waals surface area contributed by atoms with Crippen LogP contribution in [0.25, 0.3) is 0 Å². The Balaban J connectivity index is 0.00000243. The molecule has 2 amide bonds. The molecular weight excluding hydrogens is 377 g/mol. The second kappa shape index (κ2) is 9.44. The topological polar surface area (TPSA) is 70.7 Å². The van der Waals surface area contributed by atoms with Crippen molar-refractivity contribution in [1.82, 2.24) is 15.5 Å². The highest BCUT2D eigenvalue weighted by Gasteiger charge is 2.29. The average Bonchev–Trinajstić information content (AvgIpc) is 2.59. The number of nitrogens with zero attached hydrogens (tertiary/aromatic N) is 1. The number of benzene rings is 1. The standard InChI is InChI=1S/C18H24ClN3O3.ClH/c1-25-16-3-2-14(19)8-15(16)18(24)22-6-4-13(5-7-22)17(23)21-11-12-9-20-10-12;/h2-3,8,12-13,20H,4-7,9-11H2,1H3,(H,21,23);1H. The lowest BCUT2D eigenvalue weighted by atomic mass is 9.94. The van der Waals surface area contributed by atoms with Gasteiger partial charge in [0.2, 0.25) is 5.91 Å². The van der Waals surface area contributed by atoms with Crippen LogP contribution in [0.2, 0.25) is 5.02 Å². The Morgan fingerprint density at radius 2 is 2.00 bits per heavy atom. The Labute approximate surface area is 165 Å². The molecule has 26 heavy (non-hydrogen) atoms. The highest BCUT2D eigenvalue weighted by Crippen LogP contribution is 2.26. The quantitative estimate of drug-likeness (QED) is 0.790. The molecule has 3 rings (SSSR count). The fraction of sp³-hybridized carbons (Fsp3) is 0.556. The SMILES string of the molecule is COc1ccc(Cl)cc1C(=O)N1CCC(C(=O)NCC2CNC2)CC1.Cl. The summed E-state index contributed by atoms with van der Waals surface area (Å²) in [7, 11) is 1.54. The van der Waals surface area contributed by atoms with E-state index >= 15 is 0 Å². The molecule has 1 aromatic rings. The molecule has 2 aliphatic rings. The molecule has 1 aromatic carbocycles. The first-order valence-corrected chi connectivity index (χ1v) is 9.07. The lowest BCUT2D eigenvalue weighted by Gasteiger charge is -2.33. The number of piperidine rings is 1. The summed E-state index contributed by atoms with van der Waals surface area (Å²) in [4.78, 5) is 26.8. The molecule has 144 valence electrons.